The van der Waals surface area contributed by atoms with Crippen LogP contribution in [0.5, 0.6) is 0 Å². The van der Waals surface area contributed by atoms with Gasteiger partial charge < -0.3 is 0 Å². The summed E-state index contributed by atoms with van der Waals surface area (Å²) in [7, 11) is 0. The van der Waals surface area contributed by atoms with Gasteiger partial charge in [-0.1, -0.05) is 253 Å². The van der Waals surface area contributed by atoms with Crippen molar-refractivity contribution in [2.24, 2.45) is 0 Å². The van der Waals surface area contributed by atoms with Crippen molar-refractivity contribution in [1.29, 1.82) is 0 Å². The van der Waals surface area contributed by atoms with Crippen molar-refractivity contribution >= 4 is 96.0 Å². The molecule has 11 rings (SSSR count). The first-order chi connectivity index (χ1) is 40.3. The normalized spacial score (nSPS) is 13.8. The molecule has 2 aliphatic rings. The van der Waals surface area contributed by atoms with Crippen LogP contribution in [0.1, 0.15) is 249 Å². The molecule has 430 valence electrons. The minimum absolute atomic E-state index is 0.515. The van der Waals surface area contributed by atoms with Crippen LogP contribution in [0, 0.1) is 0 Å². The van der Waals surface area contributed by atoms with Gasteiger partial charge in [0.25, 0.3) is 0 Å². The van der Waals surface area contributed by atoms with Crippen molar-refractivity contribution in [3.63, 3.8) is 0 Å². The third kappa shape index (κ3) is 12.2. The Balaban J connectivity index is 1.10. The Kier molecular flexibility index (Phi) is 20.7. The number of hydrogen-bond acceptors (Lipinski definition) is 4. The van der Waals surface area contributed by atoms with Crippen molar-refractivity contribution < 1.29 is 0 Å². The standard InChI is InChI=1S/C76H88Br2S4/c1-5-9-13-17-21-25-29-53-33-41-57(42-34-53)75(58-43-35-54(36-44-58)30-26-22-18-14-10-6-2)63-49-62-64(50-61(63)71-69(75)73-65(79-71)51-67(77)81-73)76(70-72(62)80-66-52-68(78)82-74(66)70,59-45-37-55(38-46-59)31-27-23-19-15-11-7-3)60-47-39-56(40-48-60)32-28-24-20-16-12-8-4/h33-52H,5-32H2,1-4H3. The van der Waals surface area contributed by atoms with Gasteiger partial charge in [0, 0.05) is 30.3 Å². The van der Waals surface area contributed by atoms with Crippen LogP contribution in [-0.4, -0.2) is 0 Å². The predicted octanol–water partition coefficient (Wildman–Crippen LogP) is 26.1. The third-order valence-corrected chi connectivity index (χ3v) is 24.6. The second-order valence-electron chi connectivity index (χ2n) is 24.4. The van der Waals surface area contributed by atoms with E-state index in [2.05, 4.69) is 181 Å². The van der Waals surface area contributed by atoms with Crippen LogP contribution in [0.25, 0.3) is 39.7 Å². The molecule has 0 fully saturated rings. The molecule has 0 unspecified atom stereocenters. The average Bonchev–Trinajstić information content (AvgIpc) is 1.69. The first kappa shape index (κ1) is 60.1. The maximum Gasteiger partial charge on any atom is 0.0736 e. The minimum Gasteiger partial charge on any atom is -0.134 e. The van der Waals surface area contributed by atoms with Crippen molar-refractivity contribution in [2.75, 3.05) is 0 Å². The molecular formula is C76H88Br2S4. The molecule has 0 amide bonds. The number of unbranched alkanes of at least 4 members (excludes halogenated alkanes) is 20. The van der Waals surface area contributed by atoms with E-state index in [1.54, 1.807) is 0 Å². The van der Waals surface area contributed by atoms with E-state index in [1.165, 1.54) is 268 Å². The van der Waals surface area contributed by atoms with Crippen molar-refractivity contribution in [1.82, 2.24) is 0 Å². The highest BCUT2D eigenvalue weighted by atomic mass is 79.9. The lowest BCUT2D eigenvalue weighted by Crippen LogP contribution is -2.30. The second kappa shape index (κ2) is 28.3. The monoisotopic (exact) mass is 1290 g/mol. The smallest absolute Gasteiger partial charge is 0.0736 e. The van der Waals surface area contributed by atoms with E-state index in [9.17, 15) is 0 Å². The summed E-state index contributed by atoms with van der Waals surface area (Å²) in [4.78, 5) is 2.88. The summed E-state index contributed by atoms with van der Waals surface area (Å²) in [5.41, 5.74) is 19.0. The summed E-state index contributed by atoms with van der Waals surface area (Å²) in [5.74, 6) is 0. The number of rotatable bonds is 32. The molecule has 9 aromatic rings. The Morgan fingerprint density at radius 1 is 0.305 bits per heavy atom. The lowest BCUT2D eigenvalue weighted by molar-refractivity contribution is 0.607. The summed E-state index contributed by atoms with van der Waals surface area (Å²) in [6.45, 7) is 9.27. The predicted molar refractivity (Wildman–Crippen MR) is 371 cm³/mol. The van der Waals surface area contributed by atoms with Gasteiger partial charge in [-0.2, -0.15) is 0 Å². The SMILES string of the molecule is CCCCCCCCc1ccc(C2(c3ccc(CCCCCCCC)cc3)c3cc4c(cc3-c3sc5cc(Br)sc5c32)C(c2ccc(CCCCCCCC)cc2)(c2ccc(CCCCCCCC)cc2)c2c-4sc3cc(Br)sc23)cc1. The Morgan fingerprint density at radius 2 is 0.561 bits per heavy atom. The van der Waals surface area contributed by atoms with Gasteiger partial charge in [0.1, 0.15) is 0 Å². The largest absolute Gasteiger partial charge is 0.134 e. The van der Waals surface area contributed by atoms with E-state index < -0.39 is 10.8 Å². The van der Waals surface area contributed by atoms with Crippen LogP contribution < -0.4 is 0 Å². The highest BCUT2D eigenvalue weighted by molar-refractivity contribution is 9.11. The summed E-state index contributed by atoms with van der Waals surface area (Å²) in [6, 6.07) is 50.6. The molecule has 0 saturated heterocycles. The Morgan fingerprint density at radius 3 is 0.829 bits per heavy atom. The molecule has 82 heavy (non-hydrogen) atoms. The van der Waals surface area contributed by atoms with E-state index in [1.807, 2.05) is 45.3 Å². The van der Waals surface area contributed by atoms with Crippen LogP contribution in [0.4, 0.5) is 0 Å². The molecule has 0 N–H and O–H groups in total. The zero-order valence-corrected chi connectivity index (χ0v) is 56.2. The Bertz CT molecular complexity index is 3140. The molecule has 6 heteroatoms. The van der Waals surface area contributed by atoms with E-state index in [-0.39, 0.29) is 0 Å². The number of halogens is 2. The molecule has 4 aromatic heterocycles. The zero-order chi connectivity index (χ0) is 56.5. The maximum absolute atomic E-state index is 4.04. The first-order valence-corrected chi connectivity index (χ1v) is 37.2. The summed E-state index contributed by atoms with van der Waals surface area (Å²) in [5, 5.41) is 0. The fourth-order valence-corrected chi connectivity index (χ4v) is 21.0. The molecule has 0 spiro atoms. The van der Waals surface area contributed by atoms with Gasteiger partial charge in [-0.25, -0.2) is 0 Å². The van der Waals surface area contributed by atoms with E-state index in [0.717, 1.165) is 25.7 Å². The minimum atomic E-state index is -0.515. The molecule has 0 saturated carbocycles. The summed E-state index contributed by atoms with van der Waals surface area (Å²) >= 11 is 16.0. The molecular weight excluding hydrogens is 1200 g/mol. The average molecular weight is 1290 g/mol. The van der Waals surface area contributed by atoms with Gasteiger partial charge in [-0.3, -0.25) is 0 Å². The zero-order valence-electron chi connectivity index (χ0n) is 49.7. The number of benzene rings is 5. The van der Waals surface area contributed by atoms with Crippen molar-refractivity contribution in [2.45, 2.75) is 218 Å². The van der Waals surface area contributed by atoms with Crippen LogP contribution in [0.3, 0.4) is 0 Å². The maximum atomic E-state index is 4.04. The van der Waals surface area contributed by atoms with Crippen LogP contribution in [0.15, 0.2) is 129 Å². The van der Waals surface area contributed by atoms with Crippen LogP contribution in [-0.2, 0) is 36.5 Å². The molecule has 0 bridgehead atoms. The Labute approximate surface area is 526 Å². The van der Waals surface area contributed by atoms with Crippen LogP contribution >= 0.6 is 77.2 Å². The Hall–Kier alpha value is -3.62. The fourth-order valence-electron chi connectivity index (χ4n) is 14.3. The molecule has 5 aromatic carbocycles. The summed E-state index contributed by atoms with van der Waals surface area (Å²) < 4.78 is 8.03. The van der Waals surface area contributed by atoms with Gasteiger partial charge in [-0.05, 0) is 174 Å². The first-order valence-electron chi connectivity index (χ1n) is 32.3. The number of aryl methyl sites for hydroxylation is 4. The lowest BCUT2D eigenvalue weighted by atomic mass is 9.65. The van der Waals surface area contributed by atoms with E-state index in [4.69, 9.17) is 0 Å². The van der Waals surface area contributed by atoms with E-state index >= 15 is 0 Å². The molecule has 0 nitrogen and oxygen atoms in total. The lowest BCUT2D eigenvalue weighted by Gasteiger charge is -2.36. The molecule has 0 aliphatic heterocycles. The molecule has 0 atom stereocenters. The quantitative estimate of drug-likeness (QED) is 0.0369. The van der Waals surface area contributed by atoms with Crippen LogP contribution in [0.2, 0.25) is 0 Å². The highest BCUT2D eigenvalue weighted by Crippen LogP contribution is 2.68. The van der Waals surface area contributed by atoms with Crippen molar-refractivity contribution in [3.8, 4) is 20.9 Å². The van der Waals surface area contributed by atoms with Gasteiger partial charge >= 0.3 is 0 Å². The van der Waals surface area contributed by atoms with E-state index in [0.29, 0.717) is 0 Å². The van der Waals surface area contributed by atoms with Gasteiger partial charge in [0.2, 0.25) is 0 Å². The van der Waals surface area contributed by atoms with Gasteiger partial charge in [0.15, 0.2) is 0 Å². The van der Waals surface area contributed by atoms with Gasteiger partial charge in [0.05, 0.1) is 27.8 Å². The topological polar surface area (TPSA) is 0 Å². The second-order valence-corrected chi connectivity index (χ2v) is 31.4. The van der Waals surface area contributed by atoms with Crippen molar-refractivity contribution in [3.05, 3.63) is 196 Å². The number of fused-ring (bicyclic) bond motifs is 10. The molecule has 4 heterocycles. The highest BCUT2D eigenvalue weighted by Gasteiger charge is 2.54. The fraction of sp³-hybridized carbons (Fsp3) is 0.447. The summed E-state index contributed by atoms with van der Waals surface area (Å²) in [6.07, 6.45) is 36.2. The molecule has 2 aliphatic carbocycles. The van der Waals surface area contributed by atoms with Gasteiger partial charge in [-0.15, -0.1) is 45.3 Å². The number of thiophene rings is 4. The molecule has 0 radical (unpaired) electrons. The number of hydrogen-bond donors (Lipinski definition) is 0. The third-order valence-electron chi connectivity index (χ3n) is 18.7.